The van der Waals surface area contributed by atoms with Crippen molar-refractivity contribution >= 4 is 32.0 Å². The second-order valence-corrected chi connectivity index (χ2v) is 13.4. The SMILES string of the molecule is CCCCCCCCCCCCCC(=O)O[C@H](COP(=O)([O-])[O-])CSCCCCCCCCCCCCCOC=O.[Na+].[Na+]. The molecule has 0 aromatic heterocycles. The zero-order valence-corrected chi connectivity index (χ0v) is 33.6. The number of phosphoric ester groups is 1. The largest absolute Gasteiger partial charge is 1.00 e. The zero-order chi connectivity index (χ0) is 30.3. The van der Waals surface area contributed by atoms with Gasteiger partial charge in [-0.05, 0) is 25.0 Å². The van der Waals surface area contributed by atoms with Crippen molar-refractivity contribution in [2.75, 3.05) is 24.7 Å². The predicted octanol–water partition coefficient (Wildman–Crippen LogP) is 1.65. The molecule has 0 aliphatic carbocycles. The number of rotatable bonds is 33. The van der Waals surface area contributed by atoms with Crippen LogP contribution in [0.1, 0.15) is 155 Å². The molecule has 0 saturated heterocycles. The molecule has 0 fully saturated rings. The third-order valence-electron chi connectivity index (χ3n) is 7.12. The Labute approximate surface area is 311 Å². The van der Waals surface area contributed by atoms with Gasteiger partial charge in [0.1, 0.15) is 6.10 Å². The molecule has 0 aromatic carbocycles. The summed E-state index contributed by atoms with van der Waals surface area (Å²) >= 11 is 1.60. The Hall–Kier alpha value is 1.40. The first-order valence-corrected chi connectivity index (χ1v) is 19.0. The number of unbranched alkanes of at least 4 members (excludes halogenated alkanes) is 20. The van der Waals surface area contributed by atoms with Crippen molar-refractivity contribution in [2.24, 2.45) is 0 Å². The van der Waals surface area contributed by atoms with Crippen LogP contribution in [-0.4, -0.2) is 43.3 Å². The van der Waals surface area contributed by atoms with Crippen LogP contribution in [-0.2, 0) is 28.2 Å². The van der Waals surface area contributed by atoms with Crippen molar-refractivity contribution in [3.8, 4) is 0 Å². The summed E-state index contributed by atoms with van der Waals surface area (Å²) in [6.07, 6.45) is 25.6. The number of phosphoric acid groups is 1. The van der Waals surface area contributed by atoms with Crippen LogP contribution < -0.4 is 68.9 Å². The third kappa shape index (κ3) is 41.4. The first-order valence-electron chi connectivity index (χ1n) is 16.4. The van der Waals surface area contributed by atoms with Crippen molar-refractivity contribution in [3.05, 3.63) is 0 Å². The van der Waals surface area contributed by atoms with Crippen LogP contribution in [0.2, 0.25) is 0 Å². The summed E-state index contributed by atoms with van der Waals surface area (Å²) in [5.74, 6) is 0.965. The number of carbonyl (C=O) groups is 2. The molecule has 0 N–H and O–H groups in total. The van der Waals surface area contributed by atoms with Gasteiger partial charge in [0.05, 0.1) is 21.0 Å². The summed E-state index contributed by atoms with van der Waals surface area (Å²) in [6.45, 7) is 2.86. The molecule has 0 saturated carbocycles. The fraction of sp³-hybridized carbons (Fsp3) is 0.935. The van der Waals surface area contributed by atoms with Crippen molar-refractivity contribution in [1.82, 2.24) is 0 Å². The van der Waals surface area contributed by atoms with Gasteiger partial charge in [0.15, 0.2) is 0 Å². The normalized spacial score (nSPS) is 11.8. The van der Waals surface area contributed by atoms with Crippen LogP contribution in [0.15, 0.2) is 0 Å². The summed E-state index contributed by atoms with van der Waals surface area (Å²) in [6, 6.07) is 0. The number of ether oxygens (including phenoxy) is 2. The molecule has 0 spiro atoms. The summed E-state index contributed by atoms with van der Waals surface area (Å²) in [5, 5.41) is 0. The summed E-state index contributed by atoms with van der Waals surface area (Å²) in [7, 11) is -5.10. The van der Waals surface area contributed by atoms with Crippen LogP contribution in [0.5, 0.6) is 0 Å². The van der Waals surface area contributed by atoms with E-state index in [1.54, 1.807) is 11.8 Å². The van der Waals surface area contributed by atoms with Crippen LogP contribution in [0, 0.1) is 0 Å². The van der Waals surface area contributed by atoms with E-state index >= 15 is 0 Å². The maximum atomic E-state index is 12.3. The van der Waals surface area contributed by atoms with Gasteiger partial charge in [0, 0.05) is 12.2 Å². The van der Waals surface area contributed by atoms with Crippen molar-refractivity contribution in [2.45, 2.75) is 161 Å². The topological polar surface area (TPSA) is 125 Å². The molecule has 0 aliphatic heterocycles. The predicted molar refractivity (Wildman–Crippen MR) is 165 cm³/mol. The average molecular weight is 669 g/mol. The minimum absolute atomic E-state index is 0. The molecule has 0 aromatic rings. The third-order valence-corrected chi connectivity index (χ3v) is 8.77. The molecule has 43 heavy (non-hydrogen) atoms. The maximum absolute atomic E-state index is 12.3. The summed E-state index contributed by atoms with van der Waals surface area (Å²) in [4.78, 5) is 44.2. The molecule has 0 heterocycles. The van der Waals surface area contributed by atoms with Crippen LogP contribution >= 0.6 is 19.6 Å². The van der Waals surface area contributed by atoms with Gasteiger partial charge in [0.25, 0.3) is 6.47 Å². The number of hydrogen-bond acceptors (Lipinski definition) is 9. The number of hydrogen-bond donors (Lipinski definition) is 0. The minimum atomic E-state index is -5.10. The van der Waals surface area contributed by atoms with E-state index in [0.717, 1.165) is 50.7 Å². The van der Waals surface area contributed by atoms with E-state index in [1.807, 2.05) is 0 Å². The second kappa shape index (κ2) is 37.9. The number of thioether (sulfide) groups is 1. The van der Waals surface area contributed by atoms with Crippen molar-refractivity contribution < 1.29 is 97.1 Å². The quantitative estimate of drug-likeness (QED) is 0.0338. The Morgan fingerprint density at radius 2 is 1.16 bits per heavy atom. The smallest absolute Gasteiger partial charge is 0.790 e. The van der Waals surface area contributed by atoms with Gasteiger partial charge in [-0.2, -0.15) is 11.8 Å². The molecular weight excluding hydrogens is 609 g/mol. The van der Waals surface area contributed by atoms with E-state index in [2.05, 4.69) is 16.2 Å². The van der Waals surface area contributed by atoms with Gasteiger partial charge in [-0.1, -0.05) is 129 Å². The van der Waals surface area contributed by atoms with Crippen LogP contribution in [0.4, 0.5) is 0 Å². The van der Waals surface area contributed by atoms with Crippen LogP contribution in [0.25, 0.3) is 0 Å². The fourth-order valence-electron chi connectivity index (χ4n) is 4.71. The van der Waals surface area contributed by atoms with E-state index in [1.165, 1.54) is 96.3 Å². The molecule has 8 nitrogen and oxygen atoms in total. The molecule has 0 radical (unpaired) electrons. The van der Waals surface area contributed by atoms with Crippen LogP contribution in [0.3, 0.4) is 0 Å². The Morgan fingerprint density at radius 3 is 1.63 bits per heavy atom. The van der Waals surface area contributed by atoms with E-state index in [0.29, 0.717) is 25.3 Å². The Balaban J connectivity index is -0.00000800. The van der Waals surface area contributed by atoms with Gasteiger partial charge in [-0.25, -0.2) is 0 Å². The molecule has 0 rings (SSSR count). The first-order chi connectivity index (χ1) is 19.9. The Bertz CT molecular complexity index is 643. The standard InChI is InChI=1S/C31H61O8PS.2Na/c1-2-3-4-5-6-7-9-12-15-18-21-24-31(33)39-30(27-38-40(34,35)36)28-41-26-23-20-17-14-11-8-10-13-16-19-22-25-37-29-32;;/h29-30H,2-28H2,1H3,(H2,34,35,36);;/q;2*+1/p-2/t30-;;/m1../s1. The van der Waals surface area contributed by atoms with E-state index < -0.39 is 20.5 Å². The van der Waals surface area contributed by atoms with Gasteiger partial charge in [0.2, 0.25) is 0 Å². The summed E-state index contributed by atoms with van der Waals surface area (Å²) in [5.41, 5.74) is 0. The summed E-state index contributed by atoms with van der Waals surface area (Å²) < 4.78 is 25.5. The van der Waals surface area contributed by atoms with E-state index in [4.69, 9.17) is 4.74 Å². The molecule has 12 heteroatoms. The fourth-order valence-corrected chi connectivity index (χ4v) is 6.06. The van der Waals surface area contributed by atoms with E-state index in [9.17, 15) is 23.9 Å². The number of esters is 1. The monoisotopic (exact) mass is 668 g/mol. The van der Waals surface area contributed by atoms with Crippen molar-refractivity contribution in [1.29, 1.82) is 0 Å². The molecule has 0 unspecified atom stereocenters. The minimum Gasteiger partial charge on any atom is -0.790 e. The Kier molecular flexibility index (Phi) is 43.0. The molecule has 0 aliphatic rings. The Morgan fingerprint density at radius 1 is 0.721 bits per heavy atom. The molecule has 0 bridgehead atoms. The first kappa shape index (κ1) is 48.8. The van der Waals surface area contributed by atoms with Gasteiger partial charge < -0.3 is 28.3 Å². The van der Waals surface area contributed by atoms with Gasteiger partial charge in [-0.15, -0.1) is 0 Å². The van der Waals surface area contributed by atoms with Gasteiger partial charge in [-0.3, -0.25) is 9.59 Å². The second-order valence-electron chi connectivity index (χ2n) is 11.1. The molecular formula is C31H59Na2O8PS. The molecule has 0 amide bonds. The van der Waals surface area contributed by atoms with E-state index in [-0.39, 0.29) is 65.1 Å². The molecule has 1 atom stereocenters. The average Bonchev–Trinajstić information content (AvgIpc) is 2.93. The van der Waals surface area contributed by atoms with Crippen molar-refractivity contribution in [3.63, 3.8) is 0 Å². The number of carbonyl (C=O) groups excluding carboxylic acids is 2. The molecule has 244 valence electrons. The van der Waals surface area contributed by atoms with Gasteiger partial charge >= 0.3 is 65.1 Å². The maximum Gasteiger partial charge on any atom is 1.00 e. The zero-order valence-electron chi connectivity index (χ0n) is 27.9.